The molecule has 0 unspecified atom stereocenters. The number of hydrogen-bond acceptors (Lipinski definition) is 0. The highest BCUT2D eigenvalue weighted by Crippen LogP contribution is 2.39. The number of pyridine rings is 5. The Hall–Kier alpha value is -8.15. The number of aryl methyl sites for hydroxylation is 17. The van der Waals surface area contributed by atoms with Crippen molar-refractivity contribution in [3.63, 3.8) is 0 Å². The average molecular weight is 1440 g/mol. The van der Waals surface area contributed by atoms with E-state index in [2.05, 4.69) is 383 Å². The number of rotatable bonds is 20. The molecule has 5 nitrogen and oxygen atoms in total. The lowest BCUT2D eigenvalue weighted by Crippen LogP contribution is -2.35. The second-order valence-electron chi connectivity index (χ2n) is 33.0. The Labute approximate surface area is 657 Å². The molecule has 0 aliphatic rings. The minimum Gasteiger partial charge on any atom is -0.201 e. The van der Waals surface area contributed by atoms with Gasteiger partial charge in [-0.1, -0.05) is 193 Å². The summed E-state index contributed by atoms with van der Waals surface area (Å²) in [6.07, 6.45) is 23.2. The molecule has 10 rings (SSSR count). The minimum absolute atomic E-state index is 0.181. The van der Waals surface area contributed by atoms with Crippen molar-refractivity contribution in [2.75, 3.05) is 0 Å². The molecule has 0 aliphatic heterocycles. The zero-order valence-corrected chi connectivity index (χ0v) is 73.0. The first-order chi connectivity index (χ1) is 51.6. The highest BCUT2D eigenvalue weighted by molar-refractivity contribution is 5.66. The third kappa shape index (κ3) is 20.4. The van der Waals surface area contributed by atoms with Crippen LogP contribution < -0.4 is 22.8 Å². The molecule has 0 saturated carbocycles. The van der Waals surface area contributed by atoms with Gasteiger partial charge in [0.1, 0.15) is 35.2 Å². The molecule has 0 spiro atoms. The summed E-state index contributed by atoms with van der Waals surface area (Å²) in [4.78, 5) is 0. The van der Waals surface area contributed by atoms with E-state index in [1.165, 1.54) is 180 Å². The van der Waals surface area contributed by atoms with Gasteiger partial charge in [-0.25, -0.2) is 22.8 Å². The zero-order chi connectivity index (χ0) is 82.3. The van der Waals surface area contributed by atoms with Crippen molar-refractivity contribution in [2.24, 2.45) is 35.2 Å². The largest absolute Gasteiger partial charge is 0.212 e. The van der Waals surface area contributed by atoms with Crippen molar-refractivity contribution in [1.29, 1.82) is 0 Å². The van der Waals surface area contributed by atoms with Gasteiger partial charge in [-0.2, -0.15) is 0 Å². The molecule has 0 N–H and O–H groups in total. The van der Waals surface area contributed by atoms with E-state index in [1.807, 2.05) is 13.0 Å². The normalized spacial score (nSPS) is 12.3. The first-order valence-corrected chi connectivity index (χ1v) is 40.5. The standard InChI is InChI=1S/2C21H30N.3C20H28N/c2*1-8-21(6,9-2)19-14-22(7)20(13-17(19)5)18-11-10-15(3)12-16(18)4;1-7-20(5,8-2)17-10-12-19(21(6)14-17)18-11-9-15(3)13-16(18)4;2*1-7-20(5,8-2)18-14-21(6)19(13-16(18)4)17-12-10-9-11-15(17)3/h2*10-14H,8-9H2,1-7H3;3*9-14H,7-8H2,1-6H3/q5*+1/i3D3;;;;. The third-order valence-electron chi connectivity index (χ3n) is 25.8. The summed E-state index contributed by atoms with van der Waals surface area (Å²) in [6, 6.07) is 49.9. The molecule has 0 atom stereocenters. The lowest BCUT2D eigenvalue weighted by atomic mass is 9.76. The molecule has 0 bridgehead atoms. The fourth-order valence-corrected chi connectivity index (χ4v) is 15.9. The van der Waals surface area contributed by atoms with Gasteiger partial charge < -0.3 is 0 Å². The Balaban J connectivity index is 0.000000215. The van der Waals surface area contributed by atoms with Crippen LogP contribution in [0.4, 0.5) is 0 Å². The van der Waals surface area contributed by atoms with E-state index in [1.54, 1.807) is 12.1 Å². The van der Waals surface area contributed by atoms with Gasteiger partial charge in [0.2, 0.25) is 28.5 Å². The van der Waals surface area contributed by atoms with Crippen LogP contribution in [0.15, 0.2) is 171 Å². The van der Waals surface area contributed by atoms with Crippen molar-refractivity contribution in [2.45, 2.75) is 278 Å². The van der Waals surface area contributed by atoms with E-state index in [0.717, 1.165) is 29.7 Å². The summed E-state index contributed by atoms with van der Waals surface area (Å²) >= 11 is 0. The quantitative estimate of drug-likeness (QED) is 0.0678. The Kier molecular flexibility index (Phi) is 29.3. The van der Waals surface area contributed by atoms with E-state index in [0.29, 0.717) is 5.56 Å². The Morgan fingerprint density at radius 2 is 0.486 bits per heavy atom. The lowest BCUT2D eigenvalue weighted by molar-refractivity contribution is -0.661. The fourth-order valence-electron chi connectivity index (χ4n) is 15.9. The average Bonchev–Trinajstić information content (AvgIpc) is 0.794. The molecule has 5 aromatic carbocycles. The molecule has 10 aromatic rings. The minimum atomic E-state index is -2.06. The Morgan fingerprint density at radius 3 is 0.738 bits per heavy atom. The van der Waals surface area contributed by atoms with E-state index in [-0.39, 0.29) is 27.1 Å². The van der Waals surface area contributed by atoms with Crippen LogP contribution in [0.2, 0.25) is 0 Å². The van der Waals surface area contributed by atoms with Crippen LogP contribution in [-0.2, 0) is 62.3 Å². The number of benzene rings is 5. The first kappa shape index (κ1) is 82.9. The maximum absolute atomic E-state index is 7.59. The van der Waals surface area contributed by atoms with Crippen LogP contribution in [0.3, 0.4) is 0 Å². The third-order valence-corrected chi connectivity index (χ3v) is 25.8. The number of nitrogens with zero attached hydrogens (tertiary/aromatic N) is 5. The second-order valence-corrected chi connectivity index (χ2v) is 33.0. The van der Waals surface area contributed by atoms with Crippen molar-refractivity contribution in [1.82, 2.24) is 0 Å². The predicted octanol–water partition coefficient (Wildman–Crippen LogP) is 25.0. The number of hydrogen-bond donors (Lipinski definition) is 0. The summed E-state index contributed by atoms with van der Waals surface area (Å²) in [5, 5.41) is 0. The molecule has 0 fully saturated rings. The molecule has 107 heavy (non-hydrogen) atoms. The van der Waals surface area contributed by atoms with Crippen LogP contribution in [0.1, 0.15) is 267 Å². The second kappa shape index (κ2) is 37.8. The smallest absolute Gasteiger partial charge is 0.201 e. The monoisotopic (exact) mass is 1440 g/mol. The Morgan fingerprint density at radius 1 is 0.243 bits per heavy atom. The summed E-state index contributed by atoms with van der Waals surface area (Å²) in [5.41, 5.74) is 36.1. The fraction of sp³-hybridized carbons (Fsp3) is 0.461. The van der Waals surface area contributed by atoms with Crippen molar-refractivity contribution in [3.05, 3.63) is 265 Å². The predicted molar refractivity (Wildman–Crippen MR) is 462 cm³/mol. The lowest BCUT2D eigenvalue weighted by Gasteiger charge is -2.28. The molecule has 0 saturated heterocycles. The molecule has 5 heterocycles. The van der Waals surface area contributed by atoms with Crippen molar-refractivity contribution >= 4 is 0 Å². The highest BCUT2D eigenvalue weighted by Gasteiger charge is 2.33. The maximum atomic E-state index is 7.59. The molecule has 0 amide bonds. The van der Waals surface area contributed by atoms with Gasteiger partial charge in [-0.15, -0.1) is 0 Å². The van der Waals surface area contributed by atoms with E-state index in [4.69, 9.17) is 4.11 Å². The topological polar surface area (TPSA) is 19.4 Å². The summed E-state index contributed by atoms with van der Waals surface area (Å²) in [7, 11) is 10.7. The van der Waals surface area contributed by atoms with Gasteiger partial charge in [-0.05, 0) is 261 Å². The van der Waals surface area contributed by atoms with Crippen LogP contribution in [-0.4, -0.2) is 0 Å². The van der Waals surface area contributed by atoms with Gasteiger partial charge in [0.05, 0.1) is 0 Å². The van der Waals surface area contributed by atoms with Crippen LogP contribution in [0, 0.1) is 83.0 Å². The van der Waals surface area contributed by atoms with Crippen molar-refractivity contribution in [3.8, 4) is 56.3 Å². The summed E-state index contributed by atoms with van der Waals surface area (Å²) < 4.78 is 34.1. The van der Waals surface area contributed by atoms with Crippen LogP contribution in [0.5, 0.6) is 0 Å². The van der Waals surface area contributed by atoms with Gasteiger partial charge in [0.25, 0.3) is 0 Å². The van der Waals surface area contributed by atoms with Crippen LogP contribution >= 0.6 is 0 Å². The van der Waals surface area contributed by atoms with Gasteiger partial charge in [0.15, 0.2) is 31.0 Å². The molecule has 0 radical (unpaired) electrons. The van der Waals surface area contributed by atoms with E-state index >= 15 is 0 Å². The molecule has 5 aromatic heterocycles. The highest BCUT2D eigenvalue weighted by atomic mass is 14.9. The molecule has 572 valence electrons. The van der Waals surface area contributed by atoms with Gasteiger partial charge >= 0.3 is 0 Å². The molecular formula is C102H144N5+5. The Bertz CT molecular complexity index is 4640. The molecular weight excluding hydrogens is 1300 g/mol. The zero-order valence-electron chi connectivity index (χ0n) is 76.0. The van der Waals surface area contributed by atoms with Gasteiger partial charge in [0, 0.05) is 90.1 Å². The van der Waals surface area contributed by atoms with E-state index in [9.17, 15) is 0 Å². The summed E-state index contributed by atoms with van der Waals surface area (Å²) in [5.74, 6) is 0. The SMILES string of the molecule is CCC(C)(CC)c1c[n+](C)c(-c2ccc(C)cc2C)cc1C.CCC(C)(CC)c1c[n+](C)c(-c2ccccc2C)cc1C.CCC(C)(CC)c1c[n+](C)c(-c2ccccc2C)cc1C.CCC(C)(CC)c1ccc(-c2ccc(C)cc2C)[n+](C)c1.[2H]C([2H])([2H])c1ccc(-c2cc(C)c(C(C)(CC)CC)c[n+]2C)c(C)c1. The van der Waals surface area contributed by atoms with Crippen LogP contribution in [0.25, 0.3) is 56.3 Å². The number of aromatic nitrogens is 5. The van der Waals surface area contributed by atoms with Crippen molar-refractivity contribution < 1.29 is 26.9 Å². The summed E-state index contributed by atoms with van der Waals surface area (Å²) in [6.45, 7) is 56.5. The maximum Gasteiger partial charge on any atom is 0.212 e. The first-order valence-electron chi connectivity index (χ1n) is 42.0. The molecule has 0 aliphatic carbocycles. The van der Waals surface area contributed by atoms with Gasteiger partial charge in [-0.3, -0.25) is 0 Å². The van der Waals surface area contributed by atoms with E-state index < -0.39 is 6.85 Å². The molecule has 5 heteroatoms.